The summed E-state index contributed by atoms with van der Waals surface area (Å²) in [7, 11) is 2.80. The number of nitro benzene ring substituents is 2. The molecule has 0 bridgehead atoms. The van der Waals surface area contributed by atoms with E-state index in [-0.39, 0.29) is 27.7 Å². The number of methoxy groups -OCH3 is 2. The van der Waals surface area contributed by atoms with Crippen molar-refractivity contribution in [2.24, 2.45) is 9.98 Å². The van der Waals surface area contributed by atoms with Crippen LogP contribution in [0.2, 0.25) is 0 Å². The van der Waals surface area contributed by atoms with Gasteiger partial charge in [0.25, 0.3) is 5.91 Å². The van der Waals surface area contributed by atoms with E-state index in [0.717, 1.165) is 18.2 Å². The van der Waals surface area contributed by atoms with Gasteiger partial charge in [-0.15, -0.1) is 0 Å². The van der Waals surface area contributed by atoms with Crippen molar-refractivity contribution >= 4 is 23.1 Å². The third-order valence-corrected chi connectivity index (χ3v) is 4.09. The Bertz CT molecular complexity index is 1270. The molecule has 152 valence electrons. The quantitative estimate of drug-likeness (QED) is 0.294. The van der Waals surface area contributed by atoms with Crippen LogP contribution in [-0.2, 0) is 4.79 Å². The van der Waals surface area contributed by atoms with Gasteiger partial charge >= 0.3 is 11.4 Å². The Balaban J connectivity index is 2.11. The van der Waals surface area contributed by atoms with Gasteiger partial charge < -0.3 is 9.47 Å². The highest BCUT2D eigenvalue weighted by atomic mass is 16.6. The van der Waals surface area contributed by atoms with E-state index < -0.39 is 32.9 Å². The van der Waals surface area contributed by atoms with Gasteiger partial charge in [0.2, 0.25) is 0 Å². The summed E-state index contributed by atoms with van der Waals surface area (Å²) in [6, 6.07) is 6.06. The molecule has 12 heteroatoms. The second-order valence-electron chi connectivity index (χ2n) is 5.83. The molecule has 0 spiro atoms. The van der Waals surface area contributed by atoms with Crippen molar-refractivity contribution in [3.8, 4) is 11.5 Å². The van der Waals surface area contributed by atoms with Gasteiger partial charge in [-0.1, -0.05) is 0 Å². The van der Waals surface area contributed by atoms with Gasteiger partial charge in [0.1, 0.15) is 22.6 Å². The van der Waals surface area contributed by atoms with Crippen LogP contribution in [0.25, 0.3) is 0 Å². The summed E-state index contributed by atoms with van der Waals surface area (Å²) in [6.45, 7) is 0. The van der Waals surface area contributed by atoms with E-state index in [9.17, 15) is 29.8 Å². The first-order valence-electron chi connectivity index (χ1n) is 8.18. The summed E-state index contributed by atoms with van der Waals surface area (Å²) in [5.41, 5.74) is -1.89. The molecule has 0 saturated heterocycles. The molecule has 0 aliphatic carbocycles. The molecule has 0 atom stereocenters. The lowest BCUT2D eigenvalue weighted by atomic mass is 10.1. The molecule has 0 N–H and O–H groups in total. The minimum Gasteiger partial charge on any atom is -0.497 e. The van der Waals surface area contributed by atoms with E-state index in [4.69, 9.17) is 9.47 Å². The van der Waals surface area contributed by atoms with Crippen LogP contribution in [0, 0.1) is 20.2 Å². The number of amides is 1. The van der Waals surface area contributed by atoms with Gasteiger partial charge in [-0.25, -0.2) is 9.98 Å². The topological polar surface area (TPSA) is 164 Å². The fourth-order valence-electron chi connectivity index (χ4n) is 2.67. The number of hydrogen-bond acceptors (Lipinski definition) is 9. The van der Waals surface area contributed by atoms with Gasteiger partial charge in [0.05, 0.1) is 47.1 Å². The standard InChI is InChI=1S/C18H12N4O8/c1-29-9-3-4-10(17(5-9)30-2)16(23)8-13-18(24)20-12-7-15(22(27)28)14(21(25)26)6-11(12)19-13/h3-8H,1-2H3/b13-8+. The Hall–Kier alpha value is -4.48. The van der Waals surface area contributed by atoms with Crippen LogP contribution in [0.4, 0.5) is 11.4 Å². The van der Waals surface area contributed by atoms with Crippen molar-refractivity contribution in [3.05, 3.63) is 78.6 Å². The third-order valence-electron chi connectivity index (χ3n) is 4.09. The summed E-state index contributed by atoms with van der Waals surface area (Å²) in [5.74, 6) is -0.904. The SMILES string of the molecule is COc1ccc(C(=O)/C=C2/N=c3cc([N+](=O)[O-])c([N+](=O)[O-])cc3=NC2=O)c(OC)c1. The average molecular weight is 412 g/mol. The molecule has 1 amide bonds. The van der Waals surface area contributed by atoms with Crippen LogP contribution in [0.1, 0.15) is 10.4 Å². The van der Waals surface area contributed by atoms with Crippen molar-refractivity contribution < 1.29 is 28.9 Å². The molecular weight excluding hydrogens is 400 g/mol. The summed E-state index contributed by atoms with van der Waals surface area (Å²) < 4.78 is 10.2. The molecule has 0 unspecified atom stereocenters. The van der Waals surface area contributed by atoms with E-state index in [1.54, 1.807) is 0 Å². The second kappa shape index (κ2) is 7.87. The highest BCUT2D eigenvalue weighted by Gasteiger charge is 2.27. The zero-order chi connectivity index (χ0) is 22.0. The molecule has 2 aromatic carbocycles. The predicted octanol–water partition coefficient (Wildman–Crippen LogP) is 1.07. The van der Waals surface area contributed by atoms with Crippen molar-refractivity contribution in [2.75, 3.05) is 14.2 Å². The number of allylic oxidation sites excluding steroid dienone is 1. The number of rotatable bonds is 6. The maximum Gasteiger partial charge on any atom is 0.348 e. The summed E-state index contributed by atoms with van der Waals surface area (Å²) in [4.78, 5) is 52.7. The van der Waals surface area contributed by atoms with Crippen LogP contribution in [0.3, 0.4) is 0 Å². The zero-order valence-electron chi connectivity index (χ0n) is 15.5. The van der Waals surface area contributed by atoms with Gasteiger partial charge in [-0.2, -0.15) is 0 Å². The first-order chi connectivity index (χ1) is 14.2. The van der Waals surface area contributed by atoms with E-state index >= 15 is 0 Å². The minimum absolute atomic E-state index is 0.120. The van der Waals surface area contributed by atoms with E-state index in [1.165, 1.54) is 32.4 Å². The number of carbonyl (C=O) groups excluding carboxylic acids is 2. The van der Waals surface area contributed by atoms with Crippen molar-refractivity contribution in [1.82, 2.24) is 0 Å². The summed E-state index contributed by atoms with van der Waals surface area (Å²) in [6.07, 6.45) is 0.909. The highest BCUT2D eigenvalue weighted by molar-refractivity contribution is 6.11. The van der Waals surface area contributed by atoms with Gasteiger partial charge in [0, 0.05) is 12.1 Å². The molecule has 1 heterocycles. The van der Waals surface area contributed by atoms with Crippen molar-refractivity contribution in [3.63, 3.8) is 0 Å². The number of hydrogen-bond donors (Lipinski definition) is 0. The number of ether oxygens (including phenoxy) is 2. The molecule has 1 aliphatic heterocycles. The summed E-state index contributed by atoms with van der Waals surface area (Å²) >= 11 is 0. The first-order valence-corrected chi connectivity index (χ1v) is 8.18. The lowest BCUT2D eigenvalue weighted by molar-refractivity contribution is -0.422. The number of carbonyl (C=O) groups is 2. The molecule has 12 nitrogen and oxygen atoms in total. The van der Waals surface area contributed by atoms with E-state index in [0.29, 0.717) is 5.75 Å². The van der Waals surface area contributed by atoms with Crippen molar-refractivity contribution in [1.29, 1.82) is 0 Å². The lowest BCUT2D eigenvalue weighted by Crippen LogP contribution is -2.32. The van der Waals surface area contributed by atoms with Gasteiger partial charge in [0.15, 0.2) is 5.78 Å². The van der Waals surface area contributed by atoms with Crippen LogP contribution in [0.15, 0.2) is 52.1 Å². The molecule has 1 aliphatic rings. The highest BCUT2D eigenvalue weighted by Crippen LogP contribution is 2.26. The number of nitro groups is 2. The van der Waals surface area contributed by atoms with Gasteiger partial charge in [-0.3, -0.25) is 29.8 Å². The van der Waals surface area contributed by atoms with E-state index in [2.05, 4.69) is 9.98 Å². The number of fused-ring (bicyclic) bond motifs is 1. The molecule has 30 heavy (non-hydrogen) atoms. The Morgan fingerprint density at radius 2 is 1.57 bits per heavy atom. The maximum absolute atomic E-state index is 12.6. The van der Waals surface area contributed by atoms with Crippen LogP contribution < -0.4 is 20.2 Å². The van der Waals surface area contributed by atoms with Crippen LogP contribution in [-0.4, -0.2) is 35.8 Å². The van der Waals surface area contributed by atoms with E-state index in [1.807, 2.05) is 0 Å². The van der Waals surface area contributed by atoms with Crippen LogP contribution in [0.5, 0.6) is 11.5 Å². The molecule has 0 radical (unpaired) electrons. The van der Waals surface area contributed by atoms with Crippen molar-refractivity contribution in [2.45, 2.75) is 0 Å². The molecule has 0 aromatic heterocycles. The molecule has 0 fully saturated rings. The molecule has 0 saturated carbocycles. The number of nitrogens with zero attached hydrogens (tertiary/aromatic N) is 4. The number of ketones is 1. The maximum atomic E-state index is 12.6. The Labute approximate surface area is 167 Å². The van der Waals surface area contributed by atoms with Gasteiger partial charge in [-0.05, 0) is 12.1 Å². The fraction of sp³-hybridized carbons (Fsp3) is 0.111. The monoisotopic (exact) mass is 412 g/mol. The first kappa shape index (κ1) is 20.3. The Morgan fingerprint density at radius 3 is 2.10 bits per heavy atom. The Morgan fingerprint density at radius 1 is 0.967 bits per heavy atom. The third kappa shape index (κ3) is 3.73. The average Bonchev–Trinajstić information content (AvgIpc) is 2.72. The lowest BCUT2D eigenvalue weighted by Gasteiger charge is -2.08. The summed E-state index contributed by atoms with van der Waals surface area (Å²) in [5, 5.41) is 21.8. The zero-order valence-corrected chi connectivity index (χ0v) is 15.5. The fourth-order valence-corrected chi connectivity index (χ4v) is 2.67. The minimum atomic E-state index is -0.955. The van der Waals surface area contributed by atoms with Crippen LogP contribution >= 0.6 is 0 Å². The smallest absolute Gasteiger partial charge is 0.348 e. The Kier molecular flexibility index (Phi) is 5.31. The molecule has 3 rings (SSSR count). The normalized spacial score (nSPS) is 13.7. The number of benzene rings is 2. The second-order valence-corrected chi connectivity index (χ2v) is 5.83. The largest absolute Gasteiger partial charge is 0.497 e. The molecular formula is C18H12N4O8. The molecule has 2 aromatic rings. The predicted molar refractivity (Wildman–Crippen MR) is 99.0 cm³/mol.